The molecule has 0 saturated carbocycles. The Bertz CT molecular complexity index is 841. The molecule has 2 aromatic carbocycles. The standard InChI is InChI=1S/C23H29FN2O3/c1-16-5-10-21(22(11-16)28-4)29-15-23(27)26-13-17(2)25(12-18(26)3)14-19-6-8-20(24)9-7-19/h5-11,17-18H,12-15H2,1-4H3/t17-,18+/m0/s1. The van der Waals surface area contributed by atoms with Crippen LogP contribution in [0.15, 0.2) is 42.5 Å². The summed E-state index contributed by atoms with van der Waals surface area (Å²) in [6, 6.07) is 12.5. The van der Waals surface area contributed by atoms with Crippen LogP contribution in [0.3, 0.4) is 0 Å². The molecule has 1 amide bonds. The first-order valence-corrected chi connectivity index (χ1v) is 9.92. The quantitative estimate of drug-likeness (QED) is 0.742. The molecule has 5 nitrogen and oxygen atoms in total. The van der Waals surface area contributed by atoms with Crippen LogP contribution in [0, 0.1) is 12.7 Å². The molecule has 29 heavy (non-hydrogen) atoms. The smallest absolute Gasteiger partial charge is 0.260 e. The van der Waals surface area contributed by atoms with Gasteiger partial charge in [-0.3, -0.25) is 9.69 Å². The maximum Gasteiger partial charge on any atom is 0.260 e. The van der Waals surface area contributed by atoms with E-state index in [0.29, 0.717) is 18.0 Å². The summed E-state index contributed by atoms with van der Waals surface area (Å²) in [5, 5.41) is 0. The highest BCUT2D eigenvalue weighted by molar-refractivity contribution is 5.78. The second-order valence-corrected chi connectivity index (χ2v) is 7.74. The molecule has 0 bridgehead atoms. The first-order chi connectivity index (χ1) is 13.9. The first-order valence-electron chi connectivity index (χ1n) is 9.92. The Morgan fingerprint density at radius 1 is 1.07 bits per heavy atom. The van der Waals surface area contributed by atoms with Gasteiger partial charge in [-0.2, -0.15) is 0 Å². The summed E-state index contributed by atoms with van der Waals surface area (Å²) in [7, 11) is 1.59. The number of piperazine rings is 1. The molecule has 0 N–H and O–H groups in total. The molecule has 0 spiro atoms. The monoisotopic (exact) mass is 400 g/mol. The summed E-state index contributed by atoms with van der Waals surface area (Å²) < 4.78 is 24.2. The van der Waals surface area contributed by atoms with E-state index in [0.717, 1.165) is 24.2 Å². The third kappa shape index (κ3) is 5.26. The van der Waals surface area contributed by atoms with Crippen molar-refractivity contribution in [3.63, 3.8) is 0 Å². The van der Waals surface area contributed by atoms with Crippen molar-refractivity contribution in [2.75, 3.05) is 26.8 Å². The van der Waals surface area contributed by atoms with E-state index in [-0.39, 0.29) is 30.4 Å². The lowest BCUT2D eigenvalue weighted by Gasteiger charge is -2.44. The molecular weight excluding hydrogens is 371 g/mol. The molecule has 156 valence electrons. The minimum atomic E-state index is -0.226. The second kappa shape index (κ2) is 9.27. The van der Waals surface area contributed by atoms with Gasteiger partial charge in [-0.25, -0.2) is 4.39 Å². The topological polar surface area (TPSA) is 42.0 Å². The van der Waals surface area contributed by atoms with Gasteiger partial charge in [0, 0.05) is 31.7 Å². The van der Waals surface area contributed by atoms with Gasteiger partial charge in [0.25, 0.3) is 5.91 Å². The van der Waals surface area contributed by atoms with E-state index in [1.54, 1.807) is 7.11 Å². The molecule has 1 aliphatic rings. The van der Waals surface area contributed by atoms with Crippen molar-refractivity contribution >= 4 is 5.91 Å². The zero-order valence-corrected chi connectivity index (χ0v) is 17.5. The molecule has 1 aliphatic heterocycles. The van der Waals surface area contributed by atoms with E-state index < -0.39 is 0 Å². The lowest BCUT2D eigenvalue weighted by molar-refractivity contribution is -0.139. The summed E-state index contributed by atoms with van der Waals surface area (Å²) in [5.41, 5.74) is 2.14. The molecule has 0 aliphatic carbocycles. The highest BCUT2D eigenvalue weighted by Crippen LogP contribution is 2.28. The number of amides is 1. The van der Waals surface area contributed by atoms with Crippen molar-refractivity contribution in [3.05, 3.63) is 59.4 Å². The fraction of sp³-hybridized carbons (Fsp3) is 0.435. The van der Waals surface area contributed by atoms with Crippen molar-refractivity contribution in [3.8, 4) is 11.5 Å². The van der Waals surface area contributed by atoms with Crippen LogP contribution in [0.25, 0.3) is 0 Å². The van der Waals surface area contributed by atoms with Crippen LogP contribution >= 0.6 is 0 Å². The molecular formula is C23H29FN2O3. The number of ether oxygens (including phenoxy) is 2. The Morgan fingerprint density at radius 3 is 2.48 bits per heavy atom. The number of aryl methyl sites for hydroxylation is 1. The third-order valence-corrected chi connectivity index (χ3v) is 5.40. The lowest BCUT2D eigenvalue weighted by atomic mass is 10.1. The predicted molar refractivity (Wildman–Crippen MR) is 111 cm³/mol. The molecule has 0 aromatic heterocycles. The van der Waals surface area contributed by atoms with E-state index in [9.17, 15) is 9.18 Å². The van der Waals surface area contributed by atoms with Gasteiger partial charge in [-0.1, -0.05) is 18.2 Å². The van der Waals surface area contributed by atoms with E-state index in [1.807, 2.05) is 49.1 Å². The fourth-order valence-corrected chi connectivity index (χ4v) is 3.71. The minimum Gasteiger partial charge on any atom is -0.493 e. The molecule has 0 radical (unpaired) electrons. The summed E-state index contributed by atoms with van der Waals surface area (Å²) in [6.45, 7) is 8.26. The van der Waals surface area contributed by atoms with Gasteiger partial charge in [0.1, 0.15) is 5.82 Å². The molecule has 6 heteroatoms. The molecule has 2 atom stereocenters. The van der Waals surface area contributed by atoms with Crippen LogP contribution in [-0.4, -0.2) is 54.6 Å². The average Bonchev–Trinajstić information content (AvgIpc) is 2.70. The summed E-state index contributed by atoms with van der Waals surface area (Å²) in [6.07, 6.45) is 0. The average molecular weight is 400 g/mol. The number of nitrogens with zero attached hydrogens (tertiary/aromatic N) is 2. The Labute approximate surface area is 172 Å². The van der Waals surface area contributed by atoms with E-state index >= 15 is 0 Å². The molecule has 1 saturated heterocycles. The number of methoxy groups -OCH3 is 1. The predicted octanol–water partition coefficient (Wildman–Crippen LogP) is 3.64. The Morgan fingerprint density at radius 2 is 1.79 bits per heavy atom. The van der Waals surface area contributed by atoms with Crippen molar-refractivity contribution in [1.82, 2.24) is 9.80 Å². The molecule has 1 fully saturated rings. The van der Waals surface area contributed by atoms with Gasteiger partial charge >= 0.3 is 0 Å². The summed E-state index contributed by atoms with van der Waals surface area (Å²) >= 11 is 0. The van der Waals surface area contributed by atoms with Crippen molar-refractivity contribution < 1.29 is 18.7 Å². The Kier molecular flexibility index (Phi) is 6.75. The molecule has 2 aromatic rings. The maximum atomic E-state index is 13.1. The number of benzene rings is 2. The van der Waals surface area contributed by atoms with Crippen molar-refractivity contribution in [2.45, 2.75) is 39.4 Å². The zero-order valence-electron chi connectivity index (χ0n) is 17.5. The fourth-order valence-electron chi connectivity index (χ4n) is 3.71. The van der Waals surface area contributed by atoms with Gasteiger partial charge < -0.3 is 14.4 Å². The van der Waals surface area contributed by atoms with E-state index in [1.165, 1.54) is 12.1 Å². The molecule has 3 rings (SSSR count). The number of carbonyl (C=O) groups excluding carboxylic acids is 1. The SMILES string of the molecule is COc1cc(C)ccc1OCC(=O)N1C[C@H](C)N(Cc2ccc(F)cc2)C[C@H]1C. The van der Waals surface area contributed by atoms with Crippen molar-refractivity contribution in [2.24, 2.45) is 0 Å². The highest BCUT2D eigenvalue weighted by atomic mass is 19.1. The largest absolute Gasteiger partial charge is 0.493 e. The highest BCUT2D eigenvalue weighted by Gasteiger charge is 2.32. The number of rotatable bonds is 6. The number of hydrogen-bond acceptors (Lipinski definition) is 4. The van der Waals surface area contributed by atoms with E-state index in [4.69, 9.17) is 9.47 Å². The summed E-state index contributed by atoms with van der Waals surface area (Å²) in [5.74, 6) is 0.939. The van der Waals surface area contributed by atoms with Crippen LogP contribution in [0.2, 0.25) is 0 Å². The van der Waals surface area contributed by atoms with Crippen LogP contribution in [-0.2, 0) is 11.3 Å². The Hall–Kier alpha value is -2.60. The van der Waals surface area contributed by atoms with Crippen LogP contribution in [0.5, 0.6) is 11.5 Å². The molecule has 0 unspecified atom stereocenters. The van der Waals surface area contributed by atoms with Crippen LogP contribution in [0.4, 0.5) is 4.39 Å². The summed E-state index contributed by atoms with van der Waals surface area (Å²) in [4.78, 5) is 17.0. The van der Waals surface area contributed by atoms with Gasteiger partial charge in [0.2, 0.25) is 0 Å². The maximum absolute atomic E-state index is 13.1. The van der Waals surface area contributed by atoms with Crippen molar-refractivity contribution in [1.29, 1.82) is 0 Å². The minimum absolute atomic E-state index is 0.0194. The Balaban J connectivity index is 1.58. The van der Waals surface area contributed by atoms with Crippen LogP contribution < -0.4 is 9.47 Å². The normalized spacial score (nSPS) is 19.8. The van der Waals surface area contributed by atoms with Gasteiger partial charge in [-0.05, 0) is 56.2 Å². The number of carbonyl (C=O) groups is 1. The lowest BCUT2D eigenvalue weighted by Crippen LogP contribution is -2.58. The van der Waals surface area contributed by atoms with Crippen LogP contribution in [0.1, 0.15) is 25.0 Å². The van der Waals surface area contributed by atoms with Gasteiger partial charge in [0.05, 0.1) is 7.11 Å². The number of halogens is 1. The molecule has 1 heterocycles. The second-order valence-electron chi connectivity index (χ2n) is 7.74. The van der Waals surface area contributed by atoms with Gasteiger partial charge in [0.15, 0.2) is 18.1 Å². The first kappa shape index (κ1) is 21.1. The zero-order chi connectivity index (χ0) is 21.0. The van der Waals surface area contributed by atoms with Gasteiger partial charge in [-0.15, -0.1) is 0 Å². The van der Waals surface area contributed by atoms with E-state index in [2.05, 4.69) is 11.8 Å². The third-order valence-electron chi connectivity index (χ3n) is 5.40. The number of hydrogen-bond donors (Lipinski definition) is 0.